The molecule has 194 valence electrons. The number of hydrogen-bond donors (Lipinski definition) is 1. The number of benzene rings is 1. The zero-order chi connectivity index (χ0) is 26.3. The maximum atomic E-state index is 13.2. The van der Waals surface area contributed by atoms with E-state index in [-0.39, 0.29) is 34.1 Å². The van der Waals surface area contributed by atoms with E-state index in [4.69, 9.17) is 4.74 Å². The molecule has 10 nitrogen and oxygen atoms in total. The molecule has 1 saturated heterocycles. The molecule has 1 aliphatic heterocycles. The Morgan fingerprint density at radius 1 is 1.08 bits per heavy atom. The molecule has 0 spiro atoms. The highest BCUT2D eigenvalue weighted by Crippen LogP contribution is 2.36. The predicted octanol–water partition coefficient (Wildman–Crippen LogP) is 2.88. The average Bonchev–Trinajstić information content (AvgIpc) is 3.15. The monoisotopic (exact) mass is 535 g/mol. The Kier molecular flexibility index (Phi) is 7.13. The number of sulfone groups is 1. The summed E-state index contributed by atoms with van der Waals surface area (Å²) in [5.41, 5.74) is 1.13. The minimum atomic E-state index is -3.67. The van der Waals surface area contributed by atoms with Gasteiger partial charge >= 0.3 is 5.97 Å². The van der Waals surface area contributed by atoms with Crippen LogP contribution in [0.3, 0.4) is 0 Å². The highest BCUT2D eigenvalue weighted by atomic mass is 32.2. The van der Waals surface area contributed by atoms with Crippen LogP contribution in [0.15, 0.2) is 52.5 Å². The minimum Gasteiger partial charge on any atom is -0.491 e. The summed E-state index contributed by atoms with van der Waals surface area (Å²) < 4.78 is 58.8. The number of piperidine rings is 1. The van der Waals surface area contributed by atoms with Crippen LogP contribution >= 0.6 is 0 Å². The summed E-state index contributed by atoms with van der Waals surface area (Å²) in [6.07, 6.45) is 3.80. The summed E-state index contributed by atoms with van der Waals surface area (Å²) >= 11 is 0. The molecule has 3 heterocycles. The first-order valence-electron chi connectivity index (χ1n) is 11.5. The van der Waals surface area contributed by atoms with E-state index in [0.717, 1.165) is 11.8 Å². The largest absolute Gasteiger partial charge is 0.491 e. The summed E-state index contributed by atoms with van der Waals surface area (Å²) in [5.74, 6) is -0.495. The lowest BCUT2D eigenvalue weighted by Gasteiger charge is -2.31. The van der Waals surface area contributed by atoms with Gasteiger partial charge in [0, 0.05) is 30.9 Å². The Morgan fingerprint density at radius 3 is 2.28 bits per heavy atom. The molecule has 1 N–H and O–H groups in total. The summed E-state index contributed by atoms with van der Waals surface area (Å²) in [6, 6.07) is 9.45. The second kappa shape index (κ2) is 9.83. The Morgan fingerprint density at radius 2 is 1.72 bits per heavy atom. The minimum absolute atomic E-state index is 0.0129. The third-order valence-corrected chi connectivity index (χ3v) is 9.04. The van der Waals surface area contributed by atoms with Gasteiger partial charge < -0.3 is 14.4 Å². The van der Waals surface area contributed by atoms with Gasteiger partial charge in [-0.25, -0.2) is 21.8 Å². The van der Waals surface area contributed by atoms with Crippen LogP contribution in [0.25, 0.3) is 11.0 Å². The number of hydrogen-bond acceptors (Lipinski definition) is 7. The first-order valence-corrected chi connectivity index (χ1v) is 14.9. The molecule has 1 aromatic carbocycles. The van der Waals surface area contributed by atoms with Crippen LogP contribution in [-0.4, -0.2) is 67.2 Å². The van der Waals surface area contributed by atoms with Crippen LogP contribution in [0, 0.1) is 0 Å². The van der Waals surface area contributed by atoms with Crippen LogP contribution in [0.2, 0.25) is 0 Å². The highest BCUT2D eigenvalue weighted by molar-refractivity contribution is 7.90. The van der Waals surface area contributed by atoms with Gasteiger partial charge in [-0.3, -0.25) is 4.79 Å². The predicted molar refractivity (Wildman–Crippen MR) is 133 cm³/mol. The van der Waals surface area contributed by atoms with E-state index in [1.165, 1.54) is 14.9 Å². The van der Waals surface area contributed by atoms with Crippen molar-refractivity contribution in [2.45, 2.75) is 55.2 Å². The fourth-order valence-electron chi connectivity index (χ4n) is 4.49. The van der Waals surface area contributed by atoms with E-state index in [2.05, 4.69) is 4.98 Å². The van der Waals surface area contributed by atoms with Crippen molar-refractivity contribution in [3.8, 4) is 5.75 Å². The van der Waals surface area contributed by atoms with Gasteiger partial charge in [-0.2, -0.15) is 4.31 Å². The molecule has 0 unspecified atom stereocenters. The molecular formula is C24H29N3O7S2. The topological polar surface area (TPSA) is 136 Å². The Hall–Kier alpha value is -2.96. The molecule has 12 heteroatoms. The van der Waals surface area contributed by atoms with Crippen molar-refractivity contribution in [1.29, 1.82) is 0 Å². The number of aromatic nitrogens is 2. The Balaban J connectivity index is 1.56. The van der Waals surface area contributed by atoms with Gasteiger partial charge in [0.25, 0.3) is 0 Å². The fourth-order valence-corrected chi connectivity index (χ4v) is 6.53. The van der Waals surface area contributed by atoms with Gasteiger partial charge in [0.2, 0.25) is 10.0 Å². The zero-order valence-electron chi connectivity index (χ0n) is 20.3. The number of sulfonamides is 1. The maximum Gasteiger partial charge on any atom is 0.323 e. The van der Waals surface area contributed by atoms with Crippen LogP contribution < -0.4 is 4.74 Å². The lowest BCUT2D eigenvalue weighted by atomic mass is 9.90. The fraction of sp³-hybridized carbons (Fsp3) is 0.417. The molecular weight excluding hydrogens is 506 g/mol. The van der Waals surface area contributed by atoms with Gasteiger partial charge in [0.05, 0.1) is 11.0 Å². The first kappa shape index (κ1) is 26.1. The normalized spacial score (nSPS) is 16.0. The number of fused-ring (bicyclic) bond motifs is 1. The number of carbonyl (C=O) groups is 1. The van der Waals surface area contributed by atoms with E-state index < -0.39 is 25.8 Å². The van der Waals surface area contributed by atoms with Crippen molar-refractivity contribution < 1.29 is 31.5 Å². The molecule has 0 amide bonds. The van der Waals surface area contributed by atoms with Gasteiger partial charge in [-0.1, -0.05) is 0 Å². The molecule has 3 aromatic rings. The molecule has 0 aliphatic carbocycles. The zero-order valence-corrected chi connectivity index (χ0v) is 21.9. The molecule has 2 aromatic heterocycles. The van der Waals surface area contributed by atoms with Crippen molar-refractivity contribution >= 4 is 36.9 Å². The molecule has 1 aliphatic rings. The van der Waals surface area contributed by atoms with E-state index in [9.17, 15) is 26.7 Å². The Bertz CT molecular complexity index is 1490. The highest BCUT2D eigenvalue weighted by Gasteiger charge is 2.31. The van der Waals surface area contributed by atoms with Gasteiger partial charge in [0.15, 0.2) is 14.9 Å². The SMILES string of the molecule is CC(C)Oc1ccc(S(=O)(=O)N2CCC(c3cn(CC(=O)O)c4nc(S(C)(=O)=O)ccc34)CC2)cc1. The molecule has 1 fully saturated rings. The maximum absolute atomic E-state index is 13.2. The quantitative estimate of drug-likeness (QED) is 0.465. The summed E-state index contributed by atoms with van der Waals surface area (Å²) in [5, 5.41) is 9.86. The van der Waals surface area contributed by atoms with Crippen LogP contribution in [0.5, 0.6) is 5.75 Å². The van der Waals surface area contributed by atoms with Gasteiger partial charge in [-0.05, 0) is 74.6 Å². The average molecular weight is 536 g/mol. The standard InChI is InChI=1S/C24H29N3O7S2/c1-16(2)34-18-4-6-19(7-5-18)36(32,33)27-12-10-17(11-13-27)21-14-26(15-23(28)29)24-20(21)8-9-22(25-24)35(3,30)31/h4-9,14,16-17H,10-13,15H2,1-3H3,(H,28,29). The van der Waals surface area contributed by atoms with Crippen molar-refractivity contribution in [2.75, 3.05) is 19.3 Å². The summed E-state index contributed by atoms with van der Waals surface area (Å²) in [6.45, 7) is 4.04. The number of nitrogens with zero attached hydrogens (tertiary/aromatic N) is 3. The number of pyridine rings is 1. The van der Waals surface area contributed by atoms with Crippen molar-refractivity contribution in [1.82, 2.24) is 13.9 Å². The second-order valence-electron chi connectivity index (χ2n) is 9.22. The van der Waals surface area contributed by atoms with Crippen molar-refractivity contribution in [3.63, 3.8) is 0 Å². The smallest absolute Gasteiger partial charge is 0.323 e. The number of aliphatic carboxylic acids is 1. The van der Waals surface area contributed by atoms with E-state index >= 15 is 0 Å². The van der Waals surface area contributed by atoms with Crippen molar-refractivity contribution in [2.24, 2.45) is 0 Å². The number of rotatable bonds is 8. The number of carboxylic acids is 1. The number of carboxylic acid groups (broad SMARTS) is 1. The molecule has 0 saturated carbocycles. The summed E-state index contributed by atoms with van der Waals surface area (Å²) in [4.78, 5) is 15.8. The molecule has 0 atom stereocenters. The van der Waals surface area contributed by atoms with E-state index in [1.54, 1.807) is 36.5 Å². The Labute approximate surface area is 210 Å². The van der Waals surface area contributed by atoms with Crippen LogP contribution in [-0.2, 0) is 31.2 Å². The molecule has 0 bridgehead atoms. The first-order chi connectivity index (χ1) is 16.9. The third-order valence-electron chi connectivity index (χ3n) is 6.14. The van der Waals surface area contributed by atoms with Gasteiger partial charge in [-0.15, -0.1) is 0 Å². The molecule has 36 heavy (non-hydrogen) atoms. The van der Waals surface area contributed by atoms with Crippen molar-refractivity contribution in [3.05, 3.63) is 48.2 Å². The van der Waals surface area contributed by atoms with Crippen LogP contribution in [0.1, 0.15) is 38.2 Å². The van der Waals surface area contributed by atoms with Gasteiger partial charge in [0.1, 0.15) is 17.9 Å². The lowest BCUT2D eigenvalue weighted by molar-refractivity contribution is -0.137. The second-order valence-corrected chi connectivity index (χ2v) is 13.1. The van der Waals surface area contributed by atoms with E-state index in [1.807, 2.05) is 13.8 Å². The molecule has 0 radical (unpaired) electrons. The third kappa shape index (κ3) is 5.40. The van der Waals surface area contributed by atoms with E-state index in [0.29, 0.717) is 37.1 Å². The summed E-state index contributed by atoms with van der Waals surface area (Å²) in [7, 11) is -7.24. The lowest BCUT2D eigenvalue weighted by Crippen LogP contribution is -2.37. The van der Waals surface area contributed by atoms with Crippen LogP contribution in [0.4, 0.5) is 0 Å². The molecule has 4 rings (SSSR count). The number of ether oxygens (including phenoxy) is 1.